The Morgan fingerprint density at radius 2 is 1.58 bits per heavy atom. The summed E-state index contributed by atoms with van der Waals surface area (Å²) < 4.78 is 26.6. The third-order valence-electron chi connectivity index (χ3n) is 4.28. The van der Waals surface area contributed by atoms with Crippen LogP contribution >= 0.6 is 23.2 Å². The molecule has 5 nitrogen and oxygen atoms in total. The average molecular weight is 413 g/mol. The molecule has 0 bridgehead atoms. The topological polar surface area (TPSA) is 57.7 Å². The largest absolute Gasteiger partial charge is 0.336 e. The van der Waals surface area contributed by atoms with Crippen LogP contribution in [0.5, 0.6) is 0 Å². The highest BCUT2D eigenvalue weighted by atomic mass is 35.5. The summed E-state index contributed by atoms with van der Waals surface area (Å²) in [4.78, 5) is 14.2. The van der Waals surface area contributed by atoms with Gasteiger partial charge in [-0.25, -0.2) is 8.42 Å². The number of benzene rings is 2. The second kappa shape index (κ2) is 7.96. The van der Waals surface area contributed by atoms with Crippen LogP contribution < -0.4 is 0 Å². The van der Waals surface area contributed by atoms with Crippen LogP contribution in [0.25, 0.3) is 0 Å². The Morgan fingerprint density at radius 3 is 2.19 bits per heavy atom. The summed E-state index contributed by atoms with van der Waals surface area (Å²) >= 11 is 11.8. The van der Waals surface area contributed by atoms with Gasteiger partial charge in [0.2, 0.25) is 10.0 Å². The minimum absolute atomic E-state index is 0.0332. The van der Waals surface area contributed by atoms with Crippen LogP contribution in [0.3, 0.4) is 0 Å². The van der Waals surface area contributed by atoms with E-state index in [-0.39, 0.29) is 24.7 Å². The van der Waals surface area contributed by atoms with Gasteiger partial charge in [-0.05, 0) is 23.8 Å². The Balaban J connectivity index is 1.63. The Kier molecular flexibility index (Phi) is 5.87. The number of rotatable bonds is 4. The molecule has 0 aromatic heterocycles. The molecule has 1 fully saturated rings. The van der Waals surface area contributed by atoms with E-state index in [1.54, 1.807) is 29.2 Å². The molecule has 1 aliphatic heterocycles. The first-order valence-electron chi connectivity index (χ1n) is 8.13. The molecule has 0 radical (unpaired) electrons. The lowest BCUT2D eigenvalue weighted by Gasteiger charge is -2.34. The number of nitrogens with zero attached hydrogens (tertiary/aromatic N) is 2. The monoisotopic (exact) mass is 412 g/mol. The molecule has 1 saturated heterocycles. The van der Waals surface area contributed by atoms with Crippen molar-refractivity contribution in [1.29, 1.82) is 0 Å². The molecule has 8 heteroatoms. The summed E-state index contributed by atoms with van der Waals surface area (Å²) in [6, 6.07) is 13.8. The fraction of sp³-hybridized carbons (Fsp3) is 0.278. The van der Waals surface area contributed by atoms with Crippen molar-refractivity contribution in [2.24, 2.45) is 0 Å². The van der Waals surface area contributed by atoms with E-state index in [2.05, 4.69) is 0 Å². The highest BCUT2D eigenvalue weighted by Gasteiger charge is 2.29. The number of sulfonamides is 1. The molecule has 0 saturated carbocycles. The van der Waals surface area contributed by atoms with Crippen LogP contribution in [-0.2, 0) is 15.8 Å². The fourth-order valence-corrected chi connectivity index (χ4v) is 4.67. The van der Waals surface area contributed by atoms with Gasteiger partial charge >= 0.3 is 0 Å². The zero-order valence-electron chi connectivity index (χ0n) is 13.9. The van der Waals surface area contributed by atoms with Crippen LogP contribution in [0.4, 0.5) is 0 Å². The Labute approximate surface area is 163 Å². The van der Waals surface area contributed by atoms with E-state index in [0.717, 1.165) is 5.56 Å². The number of piperazine rings is 1. The highest BCUT2D eigenvalue weighted by Crippen LogP contribution is 2.24. The van der Waals surface area contributed by atoms with Crippen molar-refractivity contribution < 1.29 is 13.2 Å². The SMILES string of the molecule is O=C(c1ccc(Cl)c(Cl)c1)N1CCN(S(=O)(=O)Cc2ccccc2)CC1. The van der Waals surface area contributed by atoms with Crippen molar-refractivity contribution in [2.45, 2.75) is 5.75 Å². The lowest BCUT2D eigenvalue weighted by Crippen LogP contribution is -2.50. The van der Waals surface area contributed by atoms with Crippen LogP contribution in [0, 0.1) is 0 Å². The number of hydrogen-bond acceptors (Lipinski definition) is 3. The minimum atomic E-state index is -3.41. The van der Waals surface area contributed by atoms with Gasteiger partial charge in [-0.15, -0.1) is 0 Å². The van der Waals surface area contributed by atoms with E-state index in [9.17, 15) is 13.2 Å². The molecular formula is C18H18Cl2N2O3S. The van der Waals surface area contributed by atoms with Gasteiger partial charge < -0.3 is 4.90 Å². The van der Waals surface area contributed by atoms with Crippen LogP contribution in [0.1, 0.15) is 15.9 Å². The highest BCUT2D eigenvalue weighted by molar-refractivity contribution is 7.88. The molecule has 1 amide bonds. The number of halogens is 2. The van der Waals surface area contributed by atoms with E-state index < -0.39 is 10.0 Å². The van der Waals surface area contributed by atoms with E-state index in [1.807, 2.05) is 18.2 Å². The van der Waals surface area contributed by atoms with Crippen molar-refractivity contribution in [3.63, 3.8) is 0 Å². The van der Waals surface area contributed by atoms with Gasteiger partial charge in [0.15, 0.2) is 0 Å². The molecule has 0 aliphatic carbocycles. The first-order chi connectivity index (χ1) is 12.4. The first kappa shape index (κ1) is 19.2. The molecule has 0 atom stereocenters. The Bertz CT molecular complexity index is 896. The van der Waals surface area contributed by atoms with Gasteiger partial charge in [-0.2, -0.15) is 4.31 Å². The van der Waals surface area contributed by atoms with Gasteiger partial charge in [0.1, 0.15) is 0 Å². The summed E-state index contributed by atoms with van der Waals surface area (Å²) in [6.07, 6.45) is 0. The molecular weight excluding hydrogens is 395 g/mol. The fourth-order valence-electron chi connectivity index (χ4n) is 2.86. The molecule has 0 spiro atoms. The van der Waals surface area contributed by atoms with Gasteiger partial charge in [0.05, 0.1) is 15.8 Å². The molecule has 1 aliphatic rings. The van der Waals surface area contributed by atoms with Gasteiger partial charge in [0.25, 0.3) is 5.91 Å². The van der Waals surface area contributed by atoms with E-state index in [0.29, 0.717) is 28.7 Å². The summed E-state index contributed by atoms with van der Waals surface area (Å²) in [5, 5.41) is 0.710. The van der Waals surface area contributed by atoms with Crippen molar-refractivity contribution in [2.75, 3.05) is 26.2 Å². The summed E-state index contributed by atoms with van der Waals surface area (Å²) in [5.74, 6) is -0.210. The lowest BCUT2D eigenvalue weighted by atomic mass is 10.2. The number of carbonyl (C=O) groups excluding carboxylic acids is 1. The van der Waals surface area contributed by atoms with Gasteiger partial charge in [-0.1, -0.05) is 53.5 Å². The van der Waals surface area contributed by atoms with Gasteiger partial charge in [-0.3, -0.25) is 4.79 Å². The van der Waals surface area contributed by atoms with Crippen LogP contribution in [-0.4, -0.2) is 49.7 Å². The second-order valence-electron chi connectivity index (χ2n) is 6.06. The zero-order chi connectivity index (χ0) is 18.7. The minimum Gasteiger partial charge on any atom is -0.336 e. The average Bonchev–Trinajstić information content (AvgIpc) is 2.64. The second-order valence-corrected chi connectivity index (χ2v) is 8.85. The third kappa shape index (κ3) is 4.38. The van der Waals surface area contributed by atoms with Crippen molar-refractivity contribution in [1.82, 2.24) is 9.21 Å². The van der Waals surface area contributed by atoms with Crippen molar-refractivity contribution in [3.8, 4) is 0 Å². The number of hydrogen-bond donors (Lipinski definition) is 0. The summed E-state index contributed by atoms with van der Waals surface area (Å²) in [5.41, 5.74) is 1.20. The molecule has 0 unspecified atom stereocenters. The molecule has 0 N–H and O–H groups in total. The molecule has 1 heterocycles. The smallest absolute Gasteiger partial charge is 0.253 e. The normalized spacial score (nSPS) is 15.8. The standard InChI is InChI=1S/C18H18Cl2N2O3S/c19-16-7-6-15(12-17(16)20)18(23)21-8-10-22(11-9-21)26(24,25)13-14-4-2-1-3-5-14/h1-7,12H,8-11,13H2. The summed E-state index contributed by atoms with van der Waals surface area (Å²) in [7, 11) is -3.41. The van der Waals surface area contributed by atoms with E-state index >= 15 is 0 Å². The number of amides is 1. The maximum absolute atomic E-state index is 12.6. The summed E-state index contributed by atoms with van der Waals surface area (Å²) in [6.45, 7) is 1.24. The molecule has 2 aromatic carbocycles. The van der Waals surface area contributed by atoms with Gasteiger partial charge in [0, 0.05) is 31.7 Å². The first-order valence-corrected chi connectivity index (χ1v) is 10.5. The zero-order valence-corrected chi connectivity index (χ0v) is 16.3. The third-order valence-corrected chi connectivity index (χ3v) is 6.87. The Morgan fingerprint density at radius 1 is 0.923 bits per heavy atom. The van der Waals surface area contributed by atoms with Crippen molar-refractivity contribution >= 4 is 39.1 Å². The molecule has 2 aromatic rings. The molecule has 3 rings (SSSR count). The maximum atomic E-state index is 12.6. The number of carbonyl (C=O) groups is 1. The van der Waals surface area contributed by atoms with E-state index in [4.69, 9.17) is 23.2 Å². The Hall–Kier alpha value is -1.60. The predicted octanol–water partition coefficient (Wildman–Crippen LogP) is 3.28. The lowest BCUT2D eigenvalue weighted by molar-refractivity contribution is 0.0698. The predicted molar refractivity (Wildman–Crippen MR) is 103 cm³/mol. The van der Waals surface area contributed by atoms with Crippen LogP contribution in [0.2, 0.25) is 10.0 Å². The van der Waals surface area contributed by atoms with E-state index in [1.165, 1.54) is 10.4 Å². The maximum Gasteiger partial charge on any atom is 0.253 e. The molecule has 26 heavy (non-hydrogen) atoms. The van der Waals surface area contributed by atoms with Crippen molar-refractivity contribution in [3.05, 3.63) is 69.7 Å². The van der Waals surface area contributed by atoms with Crippen LogP contribution in [0.15, 0.2) is 48.5 Å². The quantitative estimate of drug-likeness (QED) is 0.773. The molecule has 138 valence electrons.